The second-order valence-electron chi connectivity index (χ2n) is 8.41. The first kappa shape index (κ1) is 19.3. The summed E-state index contributed by atoms with van der Waals surface area (Å²) in [6.07, 6.45) is 3.62. The number of pyridine rings is 1. The number of rotatable bonds is 4. The van der Waals surface area contributed by atoms with Crippen molar-refractivity contribution in [2.75, 3.05) is 6.61 Å². The Hall–Kier alpha value is -2.65. The smallest absolute Gasteiger partial charge is 0.125 e. The van der Waals surface area contributed by atoms with Crippen molar-refractivity contribution in [3.8, 4) is 28.1 Å². The van der Waals surface area contributed by atoms with Crippen LogP contribution in [0, 0.1) is 12.8 Å². The lowest BCUT2D eigenvalue weighted by Crippen LogP contribution is -2.08. The molecule has 5 rings (SSSR count). The fraction of sp³-hybridized carbons (Fsp3) is 0.296. The van der Waals surface area contributed by atoms with Crippen molar-refractivity contribution >= 4 is 21.6 Å². The van der Waals surface area contributed by atoms with Gasteiger partial charge in [-0.3, -0.25) is 0 Å². The van der Waals surface area contributed by atoms with Crippen molar-refractivity contribution < 1.29 is 4.74 Å². The van der Waals surface area contributed by atoms with E-state index < -0.39 is 0 Å². The van der Waals surface area contributed by atoms with Crippen LogP contribution < -0.4 is 4.74 Å². The number of thiophene rings is 1. The van der Waals surface area contributed by atoms with Crippen LogP contribution in [-0.4, -0.2) is 11.6 Å². The fourth-order valence-corrected chi connectivity index (χ4v) is 5.93. The van der Waals surface area contributed by atoms with Gasteiger partial charge in [0.25, 0.3) is 0 Å². The summed E-state index contributed by atoms with van der Waals surface area (Å²) in [5, 5.41) is 1.38. The van der Waals surface area contributed by atoms with E-state index in [1.165, 1.54) is 56.6 Å². The van der Waals surface area contributed by atoms with Crippen molar-refractivity contribution in [1.29, 1.82) is 0 Å². The van der Waals surface area contributed by atoms with E-state index in [0.29, 0.717) is 6.61 Å². The quantitative estimate of drug-likeness (QED) is 0.346. The predicted octanol–water partition coefficient (Wildman–Crippen LogP) is 7.46. The number of aromatic nitrogens is 1. The first-order chi connectivity index (χ1) is 14.6. The Kier molecular flexibility index (Phi) is 5.08. The van der Waals surface area contributed by atoms with E-state index in [2.05, 4.69) is 56.3 Å². The van der Waals surface area contributed by atoms with E-state index in [0.717, 1.165) is 22.9 Å². The van der Waals surface area contributed by atoms with Crippen molar-refractivity contribution in [2.45, 2.75) is 40.0 Å². The minimum absolute atomic E-state index is 0.681. The molecule has 0 aliphatic heterocycles. The SMILES string of the molecule is CCOc1ccc(-c2cc(-c3cccc(C)c3)c3c4c(sc3n2)CC(C)CC4)cc1. The van der Waals surface area contributed by atoms with E-state index in [-0.39, 0.29) is 0 Å². The highest BCUT2D eigenvalue weighted by Gasteiger charge is 2.24. The Morgan fingerprint density at radius 3 is 2.67 bits per heavy atom. The van der Waals surface area contributed by atoms with Gasteiger partial charge in [-0.1, -0.05) is 36.8 Å². The van der Waals surface area contributed by atoms with E-state index in [9.17, 15) is 0 Å². The van der Waals surface area contributed by atoms with Crippen molar-refractivity contribution in [3.05, 3.63) is 70.6 Å². The molecule has 1 atom stereocenters. The standard InChI is InChI=1S/C27H27NOS/c1-4-29-21-11-9-19(10-12-21)24-16-23(20-7-5-6-17(2)14-20)26-22-13-8-18(3)15-25(22)30-27(26)28-24/h5-7,9-12,14,16,18H,4,8,13,15H2,1-3H3. The Labute approximate surface area is 182 Å². The maximum Gasteiger partial charge on any atom is 0.125 e. The number of hydrogen-bond acceptors (Lipinski definition) is 3. The Morgan fingerprint density at radius 1 is 1.07 bits per heavy atom. The van der Waals surface area contributed by atoms with E-state index >= 15 is 0 Å². The van der Waals surface area contributed by atoms with Crippen LogP contribution in [0.15, 0.2) is 54.6 Å². The molecule has 2 aromatic heterocycles. The van der Waals surface area contributed by atoms with Gasteiger partial charge in [-0.2, -0.15) is 0 Å². The lowest BCUT2D eigenvalue weighted by atomic mass is 9.87. The fourth-order valence-electron chi connectivity index (χ4n) is 4.52. The van der Waals surface area contributed by atoms with Crippen molar-refractivity contribution in [2.24, 2.45) is 5.92 Å². The maximum atomic E-state index is 5.62. The monoisotopic (exact) mass is 413 g/mol. The molecule has 2 heterocycles. The maximum absolute atomic E-state index is 5.62. The summed E-state index contributed by atoms with van der Waals surface area (Å²) in [4.78, 5) is 7.85. The van der Waals surface area contributed by atoms with Gasteiger partial charge >= 0.3 is 0 Å². The molecule has 1 unspecified atom stereocenters. The highest BCUT2D eigenvalue weighted by atomic mass is 32.1. The third kappa shape index (κ3) is 3.52. The summed E-state index contributed by atoms with van der Waals surface area (Å²) < 4.78 is 5.62. The Morgan fingerprint density at radius 2 is 1.90 bits per heavy atom. The molecule has 0 spiro atoms. The molecule has 0 saturated heterocycles. The first-order valence-corrected chi connectivity index (χ1v) is 11.7. The Bertz CT molecular complexity index is 1210. The topological polar surface area (TPSA) is 22.1 Å². The summed E-state index contributed by atoms with van der Waals surface area (Å²) in [6.45, 7) is 7.23. The van der Waals surface area contributed by atoms with Gasteiger partial charge in [0.05, 0.1) is 12.3 Å². The lowest BCUT2D eigenvalue weighted by Gasteiger charge is -2.18. The van der Waals surface area contributed by atoms with Crippen LogP contribution in [0.2, 0.25) is 0 Å². The molecular weight excluding hydrogens is 386 g/mol. The predicted molar refractivity (Wildman–Crippen MR) is 128 cm³/mol. The van der Waals surface area contributed by atoms with Crippen LogP contribution in [0.1, 0.15) is 36.3 Å². The third-order valence-corrected chi connectivity index (χ3v) is 7.20. The zero-order valence-electron chi connectivity index (χ0n) is 17.9. The van der Waals surface area contributed by atoms with Gasteiger partial charge < -0.3 is 4.74 Å². The average Bonchev–Trinajstić information content (AvgIpc) is 3.11. The lowest BCUT2D eigenvalue weighted by molar-refractivity contribution is 0.340. The molecule has 0 N–H and O–H groups in total. The van der Waals surface area contributed by atoms with Gasteiger partial charge in [-0.25, -0.2) is 4.98 Å². The zero-order valence-corrected chi connectivity index (χ0v) is 18.7. The van der Waals surface area contributed by atoms with Crippen LogP contribution in [0.4, 0.5) is 0 Å². The molecule has 1 aliphatic rings. The van der Waals surface area contributed by atoms with Gasteiger partial charge in [0.2, 0.25) is 0 Å². The molecule has 2 nitrogen and oxygen atoms in total. The normalized spacial score (nSPS) is 15.9. The van der Waals surface area contributed by atoms with Crippen LogP contribution in [0.3, 0.4) is 0 Å². The molecule has 30 heavy (non-hydrogen) atoms. The van der Waals surface area contributed by atoms with Gasteiger partial charge in [-0.15, -0.1) is 11.3 Å². The second kappa shape index (κ2) is 7.88. The molecule has 0 bridgehead atoms. The van der Waals surface area contributed by atoms with Crippen LogP contribution in [0.25, 0.3) is 32.6 Å². The molecule has 3 heteroatoms. The molecule has 1 aliphatic carbocycles. The van der Waals surface area contributed by atoms with Crippen molar-refractivity contribution in [3.63, 3.8) is 0 Å². The minimum Gasteiger partial charge on any atom is -0.494 e. The highest BCUT2D eigenvalue weighted by Crippen LogP contribution is 2.43. The molecular formula is C27H27NOS. The molecule has 152 valence electrons. The van der Waals surface area contributed by atoms with Gasteiger partial charge in [0, 0.05) is 15.8 Å². The molecule has 0 fully saturated rings. The van der Waals surface area contributed by atoms with Gasteiger partial charge in [0.1, 0.15) is 10.6 Å². The summed E-state index contributed by atoms with van der Waals surface area (Å²) >= 11 is 1.90. The Balaban J connectivity index is 1.72. The van der Waals surface area contributed by atoms with Gasteiger partial charge in [0.15, 0.2) is 0 Å². The van der Waals surface area contributed by atoms with Crippen LogP contribution >= 0.6 is 11.3 Å². The molecule has 0 radical (unpaired) electrons. The number of hydrogen-bond donors (Lipinski definition) is 0. The molecule has 0 amide bonds. The number of aryl methyl sites for hydroxylation is 2. The largest absolute Gasteiger partial charge is 0.494 e. The summed E-state index contributed by atoms with van der Waals surface area (Å²) in [6, 6.07) is 19.5. The van der Waals surface area contributed by atoms with Crippen LogP contribution in [0.5, 0.6) is 5.75 Å². The summed E-state index contributed by atoms with van der Waals surface area (Å²) in [5.41, 5.74) is 7.60. The minimum atomic E-state index is 0.681. The summed E-state index contributed by atoms with van der Waals surface area (Å²) in [5.74, 6) is 1.67. The number of ether oxygens (including phenoxy) is 1. The average molecular weight is 414 g/mol. The first-order valence-electron chi connectivity index (χ1n) is 10.9. The van der Waals surface area contributed by atoms with Crippen LogP contribution in [-0.2, 0) is 12.8 Å². The molecule has 0 saturated carbocycles. The molecule has 2 aromatic carbocycles. The highest BCUT2D eigenvalue weighted by molar-refractivity contribution is 7.19. The number of benzene rings is 2. The summed E-state index contributed by atoms with van der Waals surface area (Å²) in [7, 11) is 0. The number of fused-ring (bicyclic) bond motifs is 3. The van der Waals surface area contributed by atoms with Gasteiger partial charge in [-0.05, 0) is 86.1 Å². The zero-order chi connectivity index (χ0) is 20.7. The van der Waals surface area contributed by atoms with Crippen molar-refractivity contribution in [1.82, 2.24) is 4.98 Å². The molecule has 4 aromatic rings. The van der Waals surface area contributed by atoms with E-state index in [4.69, 9.17) is 9.72 Å². The third-order valence-electron chi connectivity index (χ3n) is 6.06. The van der Waals surface area contributed by atoms with E-state index in [1.807, 2.05) is 30.4 Å². The number of nitrogens with zero attached hydrogens (tertiary/aromatic N) is 1. The second-order valence-corrected chi connectivity index (χ2v) is 9.50. The van der Waals surface area contributed by atoms with E-state index in [1.54, 1.807) is 0 Å².